The lowest BCUT2D eigenvalue weighted by Gasteiger charge is -2.50. The van der Waals surface area contributed by atoms with Gasteiger partial charge in [0.15, 0.2) is 0 Å². The maximum atomic E-state index is 3.76. The first-order valence-corrected chi connectivity index (χ1v) is 5.23. The normalized spacial score (nSPS) is 35.3. The van der Waals surface area contributed by atoms with Gasteiger partial charge in [0, 0.05) is 24.2 Å². The molecule has 13 heavy (non-hydrogen) atoms. The van der Waals surface area contributed by atoms with Gasteiger partial charge in [-0.1, -0.05) is 13.8 Å². The van der Waals surface area contributed by atoms with Crippen molar-refractivity contribution in [3.63, 3.8) is 0 Å². The molecule has 0 aliphatic carbocycles. The van der Waals surface area contributed by atoms with Crippen LogP contribution in [0.3, 0.4) is 0 Å². The van der Waals surface area contributed by atoms with Gasteiger partial charge >= 0.3 is 0 Å². The van der Waals surface area contributed by atoms with Gasteiger partial charge in [-0.05, 0) is 33.7 Å². The lowest BCUT2D eigenvalue weighted by atomic mass is 9.82. The van der Waals surface area contributed by atoms with Crippen LogP contribution in [0.4, 0.5) is 0 Å². The first-order chi connectivity index (χ1) is 5.75. The summed E-state index contributed by atoms with van der Waals surface area (Å²) >= 11 is 0. The summed E-state index contributed by atoms with van der Waals surface area (Å²) in [6.45, 7) is 13.8. The van der Waals surface area contributed by atoms with Crippen molar-refractivity contribution in [1.82, 2.24) is 10.2 Å². The predicted octanol–water partition coefficient (Wildman–Crippen LogP) is 1.71. The van der Waals surface area contributed by atoms with E-state index in [2.05, 4.69) is 51.9 Å². The summed E-state index contributed by atoms with van der Waals surface area (Å²) in [4.78, 5) is 2.43. The van der Waals surface area contributed by atoms with Gasteiger partial charge in [0.1, 0.15) is 0 Å². The molecule has 1 unspecified atom stereocenters. The Kier molecular flexibility index (Phi) is 2.75. The molecule has 0 bridgehead atoms. The lowest BCUT2D eigenvalue weighted by molar-refractivity contribution is 0.0594. The van der Waals surface area contributed by atoms with Crippen LogP contribution in [0.25, 0.3) is 0 Å². The van der Waals surface area contributed by atoms with E-state index in [-0.39, 0.29) is 11.1 Å². The molecule has 0 radical (unpaired) electrons. The molecule has 1 N–H and O–H groups in total. The zero-order valence-corrected chi connectivity index (χ0v) is 9.94. The van der Waals surface area contributed by atoms with E-state index >= 15 is 0 Å². The van der Waals surface area contributed by atoms with Crippen molar-refractivity contribution in [3.05, 3.63) is 0 Å². The number of likely N-dealkylation sites (N-methyl/N-ethyl adjacent to an activating group) is 1. The fourth-order valence-electron chi connectivity index (χ4n) is 2.47. The van der Waals surface area contributed by atoms with Crippen molar-refractivity contribution in [3.8, 4) is 0 Å². The van der Waals surface area contributed by atoms with Crippen LogP contribution in [0.15, 0.2) is 0 Å². The summed E-state index contributed by atoms with van der Waals surface area (Å²) in [5.74, 6) is 0.675. The molecule has 1 aliphatic rings. The van der Waals surface area contributed by atoms with Crippen LogP contribution in [0.1, 0.15) is 34.6 Å². The Morgan fingerprint density at radius 3 is 2.08 bits per heavy atom. The maximum Gasteiger partial charge on any atom is 0.0308 e. The van der Waals surface area contributed by atoms with Crippen molar-refractivity contribution in [2.45, 2.75) is 45.7 Å². The summed E-state index contributed by atoms with van der Waals surface area (Å²) < 4.78 is 0. The van der Waals surface area contributed by atoms with Gasteiger partial charge in [-0.15, -0.1) is 0 Å². The van der Waals surface area contributed by atoms with Gasteiger partial charge in [-0.2, -0.15) is 0 Å². The number of rotatable bonds is 1. The van der Waals surface area contributed by atoms with E-state index in [4.69, 9.17) is 0 Å². The highest BCUT2D eigenvalue weighted by molar-refractivity contribution is 5.00. The zero-order valence-electron chi connectivity index (χ0n) is 9.94. The van der Waals surface area contributed by atoms with Crippen molar-refractivity contribution >= 4 is 0 Å². The topological polar surface area (TPSA) is 15.3 Å². The van der Waals surface area contributed by atoms with Crippen LogP contribution < -0.4 is 5.32 Å². The van der Waals surface area contributed by atoms with E-state index < -0.39 is 0 Å². The Balaban J connectivity index is 2.78. The Hall–Kier alpha value is -0.0800. The number of nitrogens with one attached hydrogen (secondary N) is 1. The second kappa shape index (κ2) is 3.25. The molecule has 1 saturated heterocycles. The summed E-state index contributed by atoms with van der Waals surface area (Å²) in [7, 11) is 2.21. The average Bonchev–Trinajstić information content (AvgIpc) is 1.79. The largest absolute Gasteiger partial charge is 0.304 e. The van der Waals surface area contributed by atoms with Crippen molar-refractivity contribution < 1.29 is 0 Å². The second-order valence-corrected chi connectivity index (χ2v) is 5.75. The summed E-state index contributed by atoms with van der Waals surface area (Å²) in [5, 5.41) is 3.76. The van der Waals surface area contributed by atoms with Crippen LogP contribution in [-0.2, 0) is 0 Å². The lowest BCUT2D eigenvalue weighted by Crippen LogP contribution is -2.68. The molecule has 0 saturated carbocycles. The molecule has 0 aromatic rings. The first-order valence-electron chi connectivity index (χ1n) is 5.23. The minimum absolute atomic E-state index is 0.242. The smallest absolute Gasteiger partial charge is 0.0308 e. The SMILES string of the molecule is CC(C)C1(C)CN(C)CC(C)(C)N1. The van der Waals surface area contributed by atoms with Crippen LogP contribution >= 0.6 is 0 Å². The second-order valence-electron chi connectivity index (χ2n) is 5.75. The molecule has 0 aromatic heterocycles. The third-order valence-corrected chi connectivity index (χ3v) is 3.16. The number of hydrogen-bond donors (Lipinski definition) is 1. The molecule has 0 amide bonds. The minimum Gasteiger partial charge on any atom is -0.304 e. The van der Waals surface area contributed by atoms with Crippen LogP contribution in [-0.4, -0.2) is 36.1 Å². The van der Waals surface area contributed by atoms with Crippen molar-refractivity contribution in [2.75, 3.05) is 20.1 Å². The fourth-order valence-corrected chi connectivity index (χ4v) is 2.47. The van der Waals surface area contributed by atoms with E-state index in [1.165, 1.54) is 0 Å². The van der Waals surface area contributed by atoms with Gasteiger partial charge in [-0.3, -0.25) is 0 Å². The molecule has 2 nitrogen and oxygen atoms in total. The molecule has 1 atom stereocenters. The Labute approximate surface area is 82.7 Å². The molecular formula is C11H24N2. The highest BCUT2D eigenvalue weighted by atomic mass is 15.2. The standard InChI is InChI=1S/C11H24N2/c1-9(2)11(5)8-13(6)7-10(3,4)12-11/h9,12H,7-8H2,1-6H3. The van der Waals surface area contributed by atoms with Crippen LogP contribution in [0.5, 0.6) is 0 Å². The van der Waals surface area contributed by atoms with E-state index in [1.807, 2.05) is 0 Å². The Morgan fingerprint density at radius 2 is 1.69 bits per heavy atom. The van der Waals surface area contributed by atoms with E-state index in [0.29, 0.717) is 5.92 Å². The summed E-state index contributed by atoms with van der Waals surface area (Å²) in [6, 6.07) is 0. The molecular weight excluding hydrogens is 160 g/mol. The molecule has 0 aromatic carbocycles. The molecule has 2 heteroatoms. The highest BCUT2D eigenvalue weighted by Gasteiger charge is 2.39. The minimum atomic E-state index is 0.242. The monoisotopic (exact) mass is 184 g/mol. The van der Waals surface area contributed by atoms with Gasteiger partial charge in [0.05, 0.1) is 0 Å². The van der Waals surface area contributed by atoms with E-state index in [1.54, 1.807) is 0 Å². The molecule has 1 aliphatic heterocycles. The average molecular weight is 184 g/mol. The number of piperazine rings is 1. The van der Waals surface area contributed by atoms with Crippen molar-refractivity contribution in [1.29, 1.82) is 0 Å². The summed E-state index contributed by atoms with van der Waals surface area (Å²) in [6.07, 6.45) is 0. The van der Waals surface area contributed by atoms with Gasteiger partial charge < -0.3 is 10.2 Å². The predicted molar refractivity (Wildman–Crippen MR) is 58.0 cm³/mol. The molecule has 1 fully saturated rings. The third-order valence-electron chi connectivity index (χ3n) is 3.16. The highest BCUT2D eigenvalue weighted by Crippen LogP contribution is 2.26. The molecule has 1 heterocycles. The molecule has 0 spiro atoms. The van der Waals surface area contributed by atoms with Gasteiger partial charge in [0.25, 0.3) is 0 Å². The zero-order chi connectivity index (χ0) is 10.3. The van der Waals surface area contributed by atoms with E-state index in [0.717, 1.165) is 13.1 Å². The number of hydrogen-bond acceptors (Lipinski definition) is 2. The Bertz CT molecular complexity index is 187. The summed E-state index contributed by atoms with van der Waals surface area (Å²) in [5.41, 5.74) is 0.503. The van der Waals surface area contributed by atoms with Gasteiger partial charge in [-0.25, -0.2) is 0 Å². The van der Waals surface area contributed by atoms with Gasteiger partial charge in [0.2, 0.25) is 0 Å². The van der Waals surface area contributed by atoms with Crippen LogP contribution in [0.2, 0.25) is 0 Å². The fraction of sp³-hybridized carbons (Fsp3) is 1.00. The van der Waals surface area contributed by atoms with E-state index in [9.17, 15) is 0 Å². The maximum absolute atomic E-state index is 3.76. The number of nitrogens with zero attached hydrogens (tertiary/aromatic N) is 1. The Morgan fingerprint density at radius 1 is 1.15 bits per heavy atom. The first kappa shape index (κ1) is 11.0. The molecule has 1 rings (SSSR count). The quantitative estimate of drug-likeness (QED) is 0.667. The van der Waals surface area contributed by atoms with Crippen molar-refractivity contribution in [2.24, 2.45) is 5.92 Å². The van der Waals surface area contributed by atoms with Crippen LogP contribution in [0, 0.1) is 5.92 Å². The molecule has 78 valence electrons. The third kappa shape index (κ3) is 2.44.